The lowest BCUT2D eigenvalue weighted by Crippen LogP contribution is -2.46. The Morgan fingerprint density at radius 3 is 2.67 bits per heavy atom. The maximum absolute atomic E-state index is 5.27. The Kier molecular flexibility index (Phi) is 8.98. The van der Waals surface area contributed by atoms with Crippen LogP contribution in [0.4, 0.5) is 0 Å². The molecule has 0 bridgehead atoms. The topological polar surface area (TPSA) is 58.5 Å². The zero-order chi connectivity index (χ0) is 18.2. The lowest BCUT2D eigenvalue weighted by atomic mass is 9.67. The number of nitrogens with zero attached hydrogens (tertiary/aromatic N) is 2. The van der Waals surface area contributed by atoms with Crippen LogP contribution in [0.3, 0.4) is 0 Å². The van der Waals surface area contributed by atoms with Crippen molar-refractivity contribution in [3.8, 4) is 10.6 Å². The van der Waals surface area contributed by atoms with Gasteiger partial charge in [-0.3, -0.25) is 4.99 Å². The molecule has 0 atom stereocenters. The molecule has 0 aliphatic heterocycles. The minimum Gasteiger partial charge on any atom is -0.385 e. The van der Waals surface area contributed by atoms with Gasteiger partial charge in [0.1, 0.15) is 5.01 Å². The van der Waals surface area contributed by atoms with E-state index in [1.54, 1.807) is 18.4 Å². The van der Waals surface area contributed by atoms with Gasteiger partial charge in [0.15, 0.2) is 5.96 Å². The van der Waals surface area contributed by atoms with Crippen molar-refractivity contribution < 1.29 is 4.74 Å². The number of aromatic nitrogens is 1. The summed E-state index contributed by atoms with van der Waals surface area (Å²) in [6.07, 6.45) is 4.97. The van der Waals surface area contributed by atoms with E-state index in [9.17, 15) is 0 Å². The molecule has 0 saturated heterocycles. The van der Waals surface area contributed by atoms with Crippen LogP contribution in [-0.2, 0) is 11.3 Å². The van der Waals surface area contributed by atoms with Crippen molar-refractivity contribution in [1.29, 1.82) is 0 Å². The van der Waals surface area contributed by atoms with Gasteiger partial charge in [-0.2, -0.15) is 0 Å². The highest BCUT2D eigenvalue weighted by molar-refractivity contribution is 14.0. The fraction of sp³-hybridized carbons (Fsp3) is 0.500. The van der Waals surface area contributed by atoms with Crippen LogP contribution >= 0.6 is 35.3 Å². The van der Waals surface area contributed by atoms with Crippen LogP contribution in [0.1, 0.15) is 31.4 Å². The van der Waals surface area contributed by atoms with E-state index in [4.69, 9.17) is 9.72 Å². The van der Waals surface area contributed by atoms with Crippen LogP contribution in [0.15, 0.2) is 40.7 Å². The molecule has 2 N–H and O–H groups in total. The van der Waals surface area contributed by atoms with Crippen molar-refractivity contribution in [2.24, 2.45) is 10.4 Å². The number of halogens is 1. The molecule has 27 heavy (non-hydrogen) atoms. The SMILES string of the molecule is CN=C(NCc1csc(-c2ccccc2)n1)NCC1(CCOC)CCC1.I. The molecule has 2 aromatic rings. The number of ether oxygens (including phenoxy) is 1. The Morgan fingerprint density at radius 2 is 2.04 bits per heavy atom. The number of thiazole rings is 1. The predicted molar refractivity (Wildman–Crippen MR) is 124 cm³/mol. The molecule has 1 aromatic heterocycles. The van der Waals surface area contributed by atoms with Crippen LogP contribution in [-0.4, -0.2) is 38.3 Å². The number of rotatable bonds is 8. The van der Waals surface area contributed by atoms with Crippen molar-refractivity contribution in [3.05, 3.63) is 41.4 Å². The number of guanidine groups is 1. The molecule has 0 spiro atoms. The standard InChI is InChI=1S/C20H28N4OS.HI/c1-21-19(23-15-20(9-6-10-20)11-12-25-2)22-13-17-14-26-18(24-17)16-7-4-3-5-8-16;/h3-5,7-8,14H,6,9-13,15H2,1-2H3,(H2,21,22,23);1H. The first-order valence-electron chi connectivity index (χ1n) is 9.18. The number of methoxy groups -OCH3 is 1. The lowest BCUT2D eigenvalue weighted by Gasteiger charge is -2.42. The third-order valence-corrected chi connectivity index (χ3v) is 6.05. The van der Waals surface area contributed by atoms with Crippen LogP contribution in [0.5, 0.6) is 0 Å². The minimum atomic E-state index is 0. The number of aliphatic imine (C=N–C) groups is 1. The monoisotopic (exact) mass is 500 g/mol. The van der Waals surface area contributed by atoms with E-state index in [2.05, 4.69) is 33.1 Å². The fourth-order valence-corrected chi connectivity index (χ4v) is 4.10. The fourth-order valence-electron chi connectivity index (χ4n) is 3.28. The highest BCUT2D eigenvalue weighted by Crippen LogP contribution is 2.43. The maximum atomic E-state index is 5.27. The van der Waals surface area contributed by atoms with Gasteiger partial charge in [0.2, 0.25) is 0 Å². The third-order valence-electron chi connectivity index (χ3n) is 5.11. The van der Waals surface area contributed by atoms with Crippen molar-refractivity contribution >= 4 is 41.3 Å². The summed E-state index contributed by atoms with van der Waals surface area (Å²) in [7, 11) is 3.59. The minimum absolute atomic E-state index is 0. The number of hydrogen-bond acceptors (Lipinski definition) is 4. The third kappa shape index (κ3) is 6.15. The van der Waals surface area contributed by atoms with Gasteiger partial charge in [-0.25, -0.2) is 4.98 Å². The largest absolute Gasteiger partial charge is 0.385 e. The molecule has 0 radical (unpaired) electrons. The van der Waals surface area contributed by atoms with E-state index in [-0.39, 0.29) is 24.0 Å². The molecular formula is C20H29IN4OS. The van der Waals surface area contributed by atoms with Crippen LogP contribution in [0, 0.1) is 5.41 Å². The summed E-state index contributed by atoms with van der Waals surface area (Å²) in [4.78, 5) is 9.07. The molecule has 1 aliphatic rings. The Hall–Kier alpha value is -1.19. The smallest absolute Gasteiger partial charge is 0.191 e. The molecule has 3 rings (SSSR count). The molecule has 1 heterocycles. The highest BCUT2D eigenvalue weighted by Gasteiger charge is 2.36. The average Bonchev–Trinajstić information content (AvgIpc) is 3.12. The second kappa shape index (κ2) is 11.0. The van der Waals surface area contributed by atoms with Gasteiger partial charge < -0.3 is 15.4 Å². The summed E-state index contributed by atoms with van der Waals surface area (Å²) < 4.78 is 5.27. The van der Waals surface area contributed by atoms with Crippen molar-refractivity contribution in [1.82, 2.24) is 15.6 Å². The first-order valence-corrected chi connectivity index (χ1v) is 10.1. The van der Waals surface area contributed by atoms with Gasteiger partial charge in [0, 0.05) is 38.3 Å². The molecule has 1 saturated carbocycles. The summed E-state index contributed by atoms with van der Waals surface area (Å²) in [6, 6.07) is 10.3. The van der Waals surface area contributed by atoms with Gasteiger partial charge in [0.25, 0.3) is 0 Å². The number of benzene rings is 1. The lowest BCUT2D eigenvalue weighted by molar-refractivity contribution is 0.0732. The molecule has 5 nitrogen and oxygen atoms in total. The maximum Gasteiger partial charge on any atom is 0.191 e. The van der Waals surface area contributed by atoms with E-state index in [1.807, 2.05) is 25.2 Å². The Bertz CT molecular complexity index is 716. The van der Waals surface area contributed by atoms with Gasteiger partial charge in [-0.05, 0) is 24.7 Å². The molecule has 0 amide bonds. The first-order chi connectivity index (χ1) is 12.7. The summed E-state index contributed by atoms with van der Waals surface area (Å²) in [5, 5.41) is 10.0. The van der Waals surface area contributed by atoms with Gasteiger partial charge >= 0.3 is 0 Å². The van der Waals surface area contributed by atoms with E-state index in [0.29, 0.717) is 12.0 Å². The molecule has 148 valence electrons. The highest BCUT2D eigenvalue weighted by atomic mass is 127. The van der Waals surface area contributed by atoms with Gasteiger partial charge in [-0.1, -0.05) is 36.8 Å². The van der Waals surface area contributed by atoms with E-state index < -0.39 is 0 Å². The van der Waals surface area contributed by atoms with Crippen LogP contribution < -0.4 is 10.6 Å². The average molecular weight is 500 g/mol. The number of hydrogen-bond donors (Lipinski definition) is 2. The Balaban J connectivity index is 0.00000261. The second-order valence-electron chi connectivity index (χ2n) is 6.89. The van der Waals surface area contributed by atoms with Gasteiger partial charge in [0.05, 0.1) is 12.2 Å². The molecule has 7 heteroatoms. The Labute approximate surface area is 183 Å². The van der Waals surface area contributed by atoms with Gasteiger partial charge in [-0.15, -0.1) is 35.3 Å². The number of nitrogens with one attached hydrogen (secondary N) is 2. The summed E-state index contributed by atoms with van der Waals surface area (Å²) in [6.45, 7) is 2.45. The predicted octanol–water partition coefficient (Wildman–Crippen LogP) is 4.30. The van der Waals surface area contributed by atoms with Crippen molar-refractivity contribution in [2.45, 2.75) is 32.2 Å². The Morgan fingerprint density at radius 1 is 1.26 bits per heavy atom. The van der Waals surface area contributed by atoms with E-state index >= 15 is 0 Å². The molecule has 1 fully saturated rings. The quantitative estimate of drug-likeness (QED) is 0.323. The zero-order valence-corrected chi connectivity index (χ0v) is 19.2. The first kappa shape index (κ1) is 22.1. The molecule has 1 aliphatic carbocycles. The van der Waals surface area contributed by atoms with E-state index in [1.165, 1.54) is 19.3 Å². The molecular weight excluding hydrogens is 471 g/mol. The van der Waals surface area contributed by atoms with E-state index in [0.717, 1.165) is 41.8 Å². The normalized spacial score (nSPS) is 15.6. The summed E-state index contributed by atoms with van der Waals surface area (Å²) in [5.74, 6) is 0.836. The van der Waals surface area contributed by atoms with Crippen molar-refractivity contribution in [2.75, 3.05) is 27.3 Å². The second-order valence-corrected chi connectivity index (χ2v) is 7.74. The summed E-state index contributed by atoms with van der Waals surface area (Å²) in [5.41, 5.74) is 2.57. The molecule has 1 aromatic carbocycles. The van der Waals surface area contributed by atoms with Crippen molar-refractivity contribution in [3.63, 3.8) is 0 Å². The zero-order valence-electron chi connectivity index (χ0n) is 16.0. The molecule has 0 unspecified atom stereocenters. The van der Waals surface area contributed by atoms with Crippen LogP contribution in [0.25, 0.3) is 10.6 Å². The summed E-state index contributed by atoms with van der Waals surface area (Å²) >= 11 is 1.68. The van der Waals surface area contributed by atoms with Crippen LogP contribution in [0.2, 0.25) is 0 Å².